The Morgan fingerprint density at radius 2 is 1.60 bits per heavy atom. The van der Waals surface area contributed by atoms with Crippen LogP contribution in [0.3, 0.4) is 0 Å². The molecule has 1 atom stereocenters. The number of fused-ring (bicyclic) bond motifs is 2. The molecule has 1 unspecified atom stereocenters. The molecule has 2 nitrogen and oxygen atoms in total. The Labute approximate surface area is 148 Å². The first-order valence-corrected chi connectivity index (χ1v) is 9.06. The third-order valence-corrected chi connectivity index (χ3v) is 5.23. The molecule has 0 spiro atoms. The maximum Gasteiger partial charge on any atom is 0.0483 e. The minimum absolute atomic E-state index is 0.323. The van der Waals surface area contributed by atoms with Gasteiger partial charge in [-0.25, -0.2) is 0 Å². The Morgan fingerprint density at radius 1 is 0.880 bits per heavy atom. The molecule has 0 bridgehead atoms. The van der Waals surface area contributed by atoms with E-state index in [0.717, 1.165) is 13.0 Å². The van der Waals surface area contributed by atoms with Crippen molar-refractivity contribution in [1.82, 2.24) is 4.57 Å². The fourth-order valence-electron chi connectivity index (χ4n) is 3.92. The van der Waals surface area contributed by atoms with E-state index in [1.165, 1.54) is 32.8 Å². The highest BCUT2D eigenvalue weighted by Gasteiger charge is 2.17. The molecule has 3 aromatic carbocycles. The van der Waals surface area contributed by atoms with Gasteiger partial charge in [0.25, 0.3) is 0 Å². The van der Waals surface area contributed by atoms with E-state index < -0.39 is 0 Å². The van der Waals surface area contributed by atoms with Crippen LogP contribution in [-0.2, 0) is 13.0 Å². The highest BCUT2D eigenvalue weighted by Crippen LogP contribution is 2.31. The zero-order valence-corrected chi connectivity index (χ0v) is 14.7. The number of nitrogens with two attached hydrogens (primary N) is 1. The average molecular weight is 328 g/mol. The summed E-state index contributed by atoms with van der Waals surface area (Å²) >= 11 is 0. The third kappa shape index (κ3) is 2.83. The first-order valence-electron chi connectivity index (χ1n) is 9.06. The molecule has 1 aromatic heterocycles. The van der Waals surface area contributed by atoms with Crippen LogP contribution in [0.25, 0.3) is 21.7 Å². The second-order valence-corrected chi connectivity index (χ2v) is 6.66. The van der Waals surface area contributed by atoms with Crippen LogP contribution in [0.4, 0.5) is 0 Å². The summed E-state index contributed by atoms with van der Waals surface area (Å²) in [5.74, 6) is 0.323. The Bertz CT molecular complexity index is 1010. The summed E-state index contributed by atoms with van der Waals surface area (Å²) < 4.78 is 2.33. The van der Waals surface area contributed by atoms with Gasteiger partial charge in [0, 0.05) is 29.6 Å². The van der Waals surface area contributed by atoms with E-state index in [2.05, 4.69) is 84.4 Å². The van der Waals surface area contributed by atoms with Crippen LogP contribution >= 0.6 is 0 Å². The van der Waals surface area contributed by atoms with Gasteiger partial charge in [-0.05, 0) is 47.9 Å². The Kier molecular flexibility index (Phi) is 4.29. The molecular weight excluding hydrogens is 304 g/mol. The number of para-hydroxylation sites is 1. The number of benzene rings is 3. The van der Waals surface area contributed by atoms with Gasteiger partial charge in [-0.15, -0.1) is 0 Å². The van der Waals surface area contributed by atoms with E-state index in [0.29, 0.717) is 12.5 Å². The molecule has 0 radical (unpaired) electrons. The summed E-state index contributed by atoms with van der Waals surface area (Å²) in [6.07, 6.45) is 3.27. The quantitative estimate of drug-likeness (QED) is 0.543. The van der Waals surface area contributed by atoms with Gasteiger partial charge in [-0.2, -0.15) is 0 Å². The first-order chi connectivity index (χ1) is 12.3. The third-order valence-electron chi connectivity index (χ3n) is 5.23. The molecule has 4 aromatic rings. The summed E-state index contributed by atoms with van der Waals surface area (Å²) in [7, 11) is 0. The Balaban J connectivity index is 1.79. The van der Waals surface area contributed by atoms with Crippen molar-refractivity contribution in [1.29, 1.82) is 0 Å². The van der Waals surface area contributed by atoms with Crippen molar-refractivity contribution in [2.45, 2.75) is 25.8 Å². The van der Waals surface area contributed by atoms with Crippen molar-refractivity contribution in [2.24, 2.45) is 5.73 Å². The molecule has 0 fully saturated rings. The van der Waals surface area contributed by atoms with Gasteiger partial charge in [-0.1, -0.05) is 60.7 Å². The maximum absolute atomic E-state index is 6.23. The van der Waals surface area contributed by atoms with Crippen molar-refractivity contribution >= 4 is 21.7 Å². The fraction of sp³-hybridized carbons (Fsp3) is 0.217. The molecule has 2 heteroatoms. The van der Waals surface area contributed by atoms with Gasteiger partial charge < -0.3 is 10.3 Å². The van der Waals surface area contributed by atoms with E-state index >= 15 is 0 Å². The summed E-state index contributed by atoms with van der Waals surface area (Å²) in [5, 5.41) is 3.97. The molecule has 0 saturated heterocycles. The largest absolute Gasteiger partial charge is 0.347 e. The molecule has 0 aliphatic carbocycles. The topological polar surface area (TPSA) is 30.9 Å². The fourth-order valence-corrected chi connectivity index (χ4v) is 3.92. The summed E-state index contributed by atoms with van der Waals surface area (Å²) in [6.45, 7) is 3.82. The highest BCUT2D eigenvalue weighted by atomic mass is 14.9. The normalized spacial score (nSPS) is 12.7. The summed E-state index contributed by atoms with van der Waals surface area (Å²) in [4.78, 5) is 0. The van der Waals surface area contributed by atoms with Crippen LogP contribution in [0.15, 0.2) is 72.9 Å². The van der Waals surface area contributed by atoms with E-state index in [9.17, 15) is 0 Å². The van der Waals surface area contributed by atoms with Crippen molar-refractivity contribution in [3.05, 3.63) is 84.1 Å². The van der Waals surface area contributed by atoms with Crippen molar-refractivity contribution in [2.75, 3.05) is 6.54 Å². The number of nitrogens with zero attached hydrogens (tertiary/aromatic N) is 1. The van der Waals surface area contributed by atoms with Crippen molar-refractivity contribution in [3.8, 4) is 0 Å². The maximum atomic E-state index is 6.23. The number of aryl methyl sites for hydroxylation is 1. The lowest BCUT2D eigenvalue weighted by atomic mass is 9.89. The lowest BCUT2D eigenvalue weighted by molar-refractivity contribution is 0.693. The van der Waals surface area contributed by atoms with Gasteiger partial charge in [0.15, 0.2) is 0 Å². The van der Waals surface area contributed by atoms with Gasteiger partial charge >= 0.3 is 0 Å². The molecule has 1 heterocycles. The highest BCUT2D eigenvalue weighted by molar-refractivity contribution is 5.87. The van der Waals surface area contributed by atoms with Gasteiger partial charge in [0.2, 0.25) is 0 Å². The van der Waals surface area contributed by atoms with E-state index in [4.69, 9.17) is 5.73 Å². The molecule has 126 valence electrons. The van der Waals surface area contributed by atoms with Crippen LogP contribution < -0.4 is 5.73 Å². The molecule has 0 aliphatic heterocycles. The molecule has 2 N–H and O–H groups in total. The first kappa shape index (κ1) is 15.9. The molecule has 4 rings (SSSR count). The van der Waals surface area contributed by atoms with E-state index in [1.54, 1.807) is 0 Å². The van der Waals surface area contributed by atoms with Gasteiger partial charge in [-0.3, -0.25) is 0 Å². The lowest BCUT2D eigenvalue weighted by Gasteiger charge is -2.16. The smallest absolute Gasteiger partial charge is 0.0483 e. The molecule has 0 saturated carbocycles. The van der Waals surface area contributed by atoms with Gasteiger partial charge in [0.05, 0.1) is 0 Å². The second-order valence-electron chi connectivity index (χ2n) is 6.66. The number of hydrogen-bond donors (Lipinski definition) is 1. The minimum Gasteiger partial charge on any atom is -0.347 e. The predicted molar refractivity (Wildman–Crippen MR) is 107 cm³/mol. The number of rotatable bonds is 5. The van der Waals surface area contributed by atoms with Crippen LogP contribution in [0.1, 0.15) is 24.0 Å². The van der Waals surface area contributed by atoms with Crippen LogP contribution in [0, 0.1) is 0 Å². The number of hydrogen-bond acceptors (Lipinski definition) is 1. The summed E-state index contributed by atoms with van der Waals surface area (Å²) in [6, 6.07) is 23.8. The van der Waals surface area contributed by atoms with E-state index in [-0.39, 0.29) is 0 Å². The molecule has 0 aliphatic rings. The van der Waals surface area contributed by atoms with Crippen molar-refractivity contribution in [3.63, 3.8) is 0 Å². The molecule has 0 amide bonds. The van der Waals surface area contributed by atoms with E-state index in [1.807, 2.05) is 0 Å². The van der Waals surface area contributed by atoms with Crippen LogP contribution in [0.5, 0.6) is 0 Å². The van der Waals surface area contributed by atoms with Crippen LogP contribution in [-0.4, -0.2) is 11.1 Å². The Morgan fingerprint density at radius 3 is 2.40 bits per heavy atom. The standard InChI is InChI=1S/C23H24N2/c1-2-25-16-22(21-12-5-6-13-23(21)25)19(15-24)14-18-10-7-9-17-8-3-4-11-20(17)18/h3-13,16,19H,2,14-15,24H2,1H3. The minimum atomic E-state index is 0.323. The monoisotopic (exact) mass is 328 g/mol. The lowest BCUT2D eigenvalue weighted by Crippen LogP contribution is -2.15. The second kappa shape index (κ2) is 6.73. The van der Waals surface area contributed by atoms with Gasteiger partial charge in [0.1, 0.15) is 0 Å². The molecular formula is C23H24N2. The zero-order chi connectivity index (χ0) is 17.2. The predicted octanol–water partition coefficient (Wildman–Crippen LogP) is 5.10. The SMILES string of the molecule is CCn1cc(C(CN)Cc2cccc3ccccc23)c2ccccc21. The number of aromatic nitrogens is 1. The van der Waals surface area contributed by atoms with Crippen LogP contribution in [0.2, 0.25) is 0 Å². The Hall–Kier alpha value is -2.58. The molecule has 25 heavy (non-hydrogen) atoms. The summed E-state index contributed by atoms with van der Waals surface area (Å²) in [5.41, 5.74) is 10.3. The average Bonchev–Trinajstić information content (AvgIpc) is 3.05. The zero-order valence-electron chi connectivity index (χ0n) is 14.7. The van der Waals surface area contributed by atoms with Crippen molar-refractivity contribution < 1.29 is 0 Å².